The van der Waals surface area contributed by atoms with Crippen molar-refractivity contribution in [3.05, 3.63) is 22.8 Å². The monoisotopic (exact) mass is 282 g/mol. The minimum absolute atomic E-state index is 0.612. The lowest BCUT2D eigenvalue weighted by Gasteiger charge is -2.29. The topological polar surface area (TPSA) is 24.9 Å². The van der Waals surface area contributed by atoms with Gasteiger partial charge < -0.3 is 5.32 Å². The number of rotatable bonds is 3. The van der Waals surface area contributed by atoms with Gasteiger partial charge in [-0.25, -0.2) is 4.98 Å². The maximum Gasteiger partial charge on any atom is 0.127 e. The second kappa shape index (κ2) is 5.67. The maximum atomic E-state index is 4.42. The zero-order valence-electron chi connectivity index (χ0n) is 9.75. The van der Waals surface area contributed by atoms with E-state index in [1.54, 1.807) is 0 Å². The van der Waals surface area contributed by atoms with Crippen molar-refractivity contribution in [2.24, 2.45) is 5.92 Å². The standard InChI is InChI=1S/C13H19BrN2/c1-2-10-5-3-6-11(9-10)15-13-8-4-7-12(14)16-13/h4,7-8,10-11H,2-3,5-6,9H2,1H3,(H,15,16). The van der Waals surface area contributed by atoms with Crippen LogP contribution in [0, 0.1) is 5.92 Å². The summed E-state index contributed by atoms with van der Waals surface area (Å²) in [6, 6.07) is 6.64. The molecule has 2 unspecified atom stereocenters. The molecule has 0 radical (unpaired) electrons. The molecule has 16 heavy (non-hydrogen) atoms. The molecule has 1 heterocycles. The molecule has 1 aromatic heterocycles. The molecule has 2 nitrogen and oxygen atoms in total. The number of hydrogen-bond donors (Lipinski definition) is 1. The first kappa shape index (κ1) is 11.9. The van der Waals surface area contributed by atoms with Gasteiger partial charge in [0, 0.05) is 6.04 Å². The fourth-order valence-corrected chi connectivity index (χ4v) is 2.83. The van der Waals surface area contributed by atoms with Gasteiger partial charge in [0.2, 0.25) is 0 Å². The molecule has 1 fully saturated rings. The van der Waals surface area contributed by atoms with E-state index < -0.39 is 0 Å². The number of aromatic nitrogens is 1. The predicted molar refractivity (Wildman–Crippen MR) is 71.6 cm³/mol. The molecular weight excluding hydrogens is 264 g/mol. The highest BCUT2D eigenvalue weighted by Crippen LogP contribution is 2.28. The molecule has 1 aromatic rings. The molecule has 0 aromatic carbocycles. The molecular formula is C13H19BrN2. The molecule has 0 saturated heterocycles. The Hall–Kier alpha value is -0.570. The van der Waals surface area contributed by atoms with E-state index in [2.05, 4.69) is 33.2 Å². The van der Waals surface area contributed by atoms with Crippen LogP contribution in [0.15, 0.2) is 22.8 Å². The minimum atomic E-state index is 0.612. The first-order chi connectivity index (χ1) is 7.78. The number of nitrogens with zero attached hydrogens (tertiary/aromatic N) is 1. The quantitative estimate of drug-likeness (QED) is 0.840. The summed E-state index contributed by atoms with van der Waals surface area (Å²) in [7, 11) is 0. The molecule has 2 atom stereocenters. The summed E-state index contributed by atoms with van der Waals surface area (Å²) in [4.78, 5) is 4.42. The van der Waals surface area contributed by atoms with Gasteiger partial charge >= 0.3 is 0 Å². The van der Waals surface area contributed by atoms with E-state index in [4.69, 9.17) is 0 Å². The first-order valence-corrected chi connectivity index (χ1v) is 6.96. The maximum absolute atomic E-state index is 4.42. The summed E-state index contributed by atoms with van der Waals surface area (Å²) in [5.41, 5.74) is 0. The van der Waals surface area contributed by atoms with Crippen LogP contribution in [0.4, 0.5) is 5.82 Å². The average Bonchev–Trinajstić information content (AvgIpc) is 2.29. The lowest BCUT2D eigenvalue weighted by molar-refractivity contribution is 0.327. The molecule has 0 aliphatic heterocycles. The van der Waals surface area contributed by atoms with E-state index in [0.29, 0.717) is 6.04 Å². The molecule has 1 N–H and O–H groups in total. The molecule has 1 saturated carbocycles. The number of nitrogens with one attached hydrogen (secondary N) is 1. The summed E-state index contributed by atoms with van der Waals surface area (Å²) in [6.07, 6.45) is 6.64. The van der Waals surface area contributed by atoms with Crippen molar-refractivity contribution in [2.45, 2.75) is 45.1 Å². The van der Waals surface area contributed by atoms with Crippen LogP contribution in [0.1, 0.15) is 39.0 Å². The van der Waals surface area contributed by atoms with Gasteiger partial charge in [0.25, 0.3) is 0 Å². The summed E-state index contributed by atoms with van der Waals surface area (Å²) >= 11 is 3.40. The molecule has 0 bridgehead atoms. The molecule has 0 amide bonds. The van der Waals surface area contributed by atoms with Crippen molar-refractivity contribution >= 4 is 21.7 Å². The lowest BCUT2D eigenvalue weighted by atomic mass is 9.84. The van der Waals surface area contributed by atoms with Gasteiger partial charge in [-0.05, 0) is 46.8 Å². The van der Waals surface area contributed by atoms with Crippen LogP contribution in [0.3, 0.4) is 0 Å². The van der Waals surface area contributed by atoms with E-state index in [1.165, 1.54) is 32.1 Å². The first-order valence-electron chi connectivity index (χ1n) is 6.17. The van der Waals surface area contributed by atoms with Crippen molar-refractivity contribution in [1.29, 1.82) is 0 Å². The Morgan fingerprint density at radius 2 is 2.31 bits per heavy atom. The molecule has 1 aliphatic carbocycles. The van der Waals surface area contributed by atoms with E-state index in [1.807, 2.05) is 18.2 Å². The van der Waals surface area contributed by atoms with Crippen LogP contribution in [-0.2, 0) is 0 Å². The van der Waals surface area contributed by atoms with Crippen molar-refractivity contribution < 1.29 is 0 Å². The van der Waals surface area contributed by atoms with Gasteiger partial charge in [0.15, 0.2) is 0 Å². The van der Waals surface area contributed by atoms with Crippen LogP contribution >= 0.6 is 15.9 Å². The normalized spacial score (nSPS) is 25.4. The van der Waals surface area contributed by atoms with E-state index >= 15 is 0 Å². The van der Waals surface area contributed by atoms with Crippen molar-refractivity contribution in [3.8, 4) is 0 Å². The molecule has 1 aliphatic rings. The Morgan fingerprint density at radius 3 is 3.06 bits per heavy atom. The highest BCUT2D eigenvalue weighted by Gasteiger charge is 2.20. The summed E-state index contributed by atoms with van der Waals surface area (Å²) in [6.45, 7) is 2.30. The molecule has 88 valence electrons. The van der Waals surface area contributed by atoms with Gasteiger partial charge in [-0.15, -0.1) is 0 Å². The predicted octanol–water partition coefficient (Wildman–Crippen LogP) is 4.22. The fraction of sp³-hybridized carbons (Fsp3) is 0.615. The van der Waals surface area contributed by atoms with Crippen molar-refractivity contribution in [3.63, 3.8) is 0 Å². The van der Waals surface area contributed by atoms with Gasteiger partial charge in [-0.1, -0.05) is 32.3 Å². The highest BCUT2D eigenvalue weighted by atomic mass is 79.9. The van der Waals surface area contributed by atoms with Crippen molar-refractivity contribution in [1.82, 2.24) is 4.98 Å². The van der Waals surface area contributed by atoms with Crippen LogP contribution in [-0.4, -0.2) is 11.0 Å². The molecule has 0 spiro atoms. The fourth-order valence-electron chi connectivity index (χ4n) is 2.49. The summed E-state index contributed by atoms with van der Waals surface area (Å²) in [5, 5.41) is 3.54. The third-order valence-corrected chi connectivity index (χ3v) is 3.87. The molecule has 2 rings (SSSR count). The Balaban J connectivity index is 1.94. The van der Waals surface area contributed by atoms with Crippen molar-refractivity contribution in [2.75, 3.05) is 5.32 Å². The average molecular weight is 283 g/mol. The largest absolute Gasteiger partial charge is 0.367 e. The van der Waals surface area contributed by atoms with E-state index in [0.717, 1.165) is 16.3 Å². The van der Waals surface area contributed by atoms with Gasteiger partial charge in [-0.2, -0.15) is 0 Å². The third kappa shape index (κ3) is 3.21. The van der Waals surface area contributed by atoms with E-state index in [-0.39, 0.29) is 0 Å². The Morgan fingerprint density at radius 1 is 1.44 bits per heavy atom. The molecule has 3 heteroatoms. The third-order valence-electron chi connectivity index (χ3n) is 3.43. The Bertz CT molecular complexity index is 340. The Kier molecular flexibility index (Phi) is 4.22. The number of halogens is 1. The van der Waals surface area contributed by atoms with E-state index in [9.17, 15) is 0 Å². The smallest absolute Gasteiger partial charge is 0.127 e. The second-order valence-corrected chi connectivity index (χ2v) is 5.44. The second-order valence-electron chi connectivity index (χ2n) is 4.63. The number of pyridine rings is 1. The highest BCUT2D eigenvalue weighted by molar-refractivity contribution is 9.10. The number of anilines is 1. The zero-order chi connectivity index (χ0) is 11.4. The SMILES string of the molecule is CCC1CCCC(Nc2cccc(Br)n2)C1. The van der Waals surface area contributed by atoms with Crippen LogP contribution < -0.4 is 5.32 Å². The van der Waals surface area contributed by atoms with Crippen LogP contribution in [0.25, 0.3) is 0 Å². The number of hydrogen-bond acceptors (Lipinski definition) is 2. The van der Waals surface area contributed by atoms with Gasteiger partial charge in [0.1, 0.15) is 10.4 Å². The minimum Gasteiger partial charge on any atom is -0.367 e. The van der Waals surface area contributed by atoms with Gasteiger partial charge in [-0.3, -0.25) is 0 Å². The summed E-state index contributed by atoms with van der Waals surface area (Å²) in [5.74, 6) is 1.90. The zero-order valence-corrected chi connectivity index (χ0v) is 11.3. The van der Waals surface area contributed by atoms with Crippen LogP contribution in [0.2, 0.25) is 0 Å². The van der Waals surface area contributed by atoms with Crippen LogP contribution in [0.5, 0.6) is 0 Å². The van der Waals surface area contributed by atoms with Gasteiger partial charge in [0.05, 0.1) is 0 Å². The lowest BCUT2D eigenvalue weighted by Crippen LogP contribution is -2.27. The summed E-state index contributed by atoms with van der Waals surface area (Å²) < 4.78 is 0.903. The Labute approximate surface area is 106 Å².